The zero-order valence-electron chi connectivity index (χ0n) is 17.0. The van der Waals surface area contributed by atoms with Crippen LogP contribution in [-0.4, -0.2) is 6.61 Å². The first kappa shape index (κ1) is 21.7. The van der Waals surface area contributed by atoms with Gasteiger partial charge < -0.3 is 4.74 Å². The summed E-state index contributed by atoms with van der Waals surface area (Å²) in [5, 5.41) is 0. The molecule has 2 rings (SSSR count). The summed E-state index contributed by atoms with van der Waals surface area (Å²) < 4.78 is 33.4. The molecule has 0 radical (unpaired) electrons. The minimum Gasteiger partial charge on any atom is -0.490 e. The fourth-order valence-corrected chi connectivity index (χ4v) is 3.76. The Hall–Kier alpha value is -1.56. The summed E-state index contributed by atoms with van der Waals surface area (Å²) in [6.45, 7) is 4.55. The molecule has 0 heterocycles. The maximum Gasteiger partial charge on any atom is 0.201 e. The normalized spacial score (nSPS) is 19.4. The second kappa shape index (κ2) is 12.0. The molecule has 1 aromatic rings. The summed E-state index contributed by atoms with van der Waals surface area (Å²) >= 11 is 0. The Morgan fingerprint density at radius 2 is 1.67 bits per heavy atom. The van der Waals surface area contributed by atoms with Crippen molar-refractivity contribution in [3.63, 3.8) is 0 Å². The molecule has 1 aromatic carbocycles. The third-order valence-corrected chi connectivity index (χ3v) is 5.48. The van der Waals surface area contributed by atoms with Gasteiger partial charge in [0.2, 0.25) is 5.82 Å². The monoisotopic (exact) mass is 376 g/mol. The zero-order chi connectivity index (χ0) is 19.5. The average Bonchev–Trinajstić information content (AvgIpc) is 2.69. The smallest absolute Gasteiger partial charge is 0.201 e. The lowest BCUT2D eigenvalue weighted by Gasteiger charge is -2.25. The highest BCUT2D eigenvalue weighted by molar-refractivity contribution is 5.41. The number of benzene rings is 1. The first-order chi connectivity index (χ1) is 13.2. The van der Waals surface area contributed by atoms with Gasteiger partial charge in [0.15, 0.2) is 11.6 Å². The van der Waals surface area contributed by atoms with Crippen molar-refractivity contribution in [2.45, 2.75) is 84.5 Å². The van der Waals surface area contributed by atoms with E-state index in [4.69, 9.17) is 4.74 Å². The van der Waals surface area contributed by atoms with E-state index >= 15 is 0 Å². The standard InChI is InChI=1S/C24H34F2O/c1-3-5-6-7-8-9-19-10-12-20(13-11-19)14-15-21-16-17-22(27-18-4-2)24(26)23(21)25/h16-17,19-20H,3-13,18H2,1-2H3/t19-,20-. The van der Waals surface area contributed by atoms with E-state index in [0.717, 1.165) is 25.2 Å². The second-order valence-corrected chi connectivity index (χ2v) is 7.78. The molecule has 0 amide bonds. The van der Waals surface area contributed by atoms with E-state index in [0.29, 0.717) is 12.5 Å². The van der Waals surface area contributed by atoms with Crippen molar-refractivity contribution in [1.82, 2.24) is 0 Å². The van der Waals surface area contributed by atoms with Crippen LogP contribution in [0.1, 0.15) is 90.0 Å². The fraction of sp³-hybridized carbons (Fsp3) is 0.667. The van der Waals surface area contributed by atoms with E-state index in [-0.39, 0.29) is 11.3 Å². The van der Waals surface area contributed by atoms with Crippen LogP contribution in [0.4, 0.5) is 8.78 Å². The molecule has 1 nitrogen and oxygen atoms in total. The Labute approximate surface area is 163 Å². The van der Waals surface area contributed by atoms with Crippen LogP contribution < -0.4 is 4.74 Å². The number of hydrogen-bond acceptors (Lipinski definition) is 1. The fourth-order valence-electron chi connectivity index (χ4n) is 3.76. The van der Waals surface area contributed by atoms with Crippen LogP contribution in [0.2, 0.25) is 0 Å². The van der Waals surface area contributed by atoms with Crippen LogP contribution in [0.5, 0.6) is 5.75 Å². The molecule has 0 unspecified atom stereocenters. The molecule has 0 atom stereocenters. The molecule has 150 valence electrons. The number of hydrogen-bond donors (Lipinski definition) is 0. The Kier molecular flexibility index (Phi) is 9.67. The lowest BCUT2D eigenvalue weighted by molar-refractivity contribution is 0.293. The van der Waals surface area contributed by atoms with Crippen molar-refractivity contribution in [2.24, 2.45) is 11.8 Å². The molecule has 27 heavy (non-hydrogen) atoms. The molecule has 3 heteroatoms. The van der Waals surface area contributed by atoms with Crippen molar-refractivity contribution < 1.29 is 13.5 Å². The summed E-state index contributed by atoms with van der Waals surface area (Å²) in [4.78, 5) is 0. The van der Waals surface area contributed by atoms with Crippen molar-refractivity contribution in [2.75, 3.05) is 6.61 Å². The first-order valence-electron chi connectivity index (χ1n) is 10.8. The van der Waals surface area contributed by atoms with Gasteiger partial charge >= 0.3 is 0 Å². The highest BCUT2D eigenvalue weighted by Gasteiger charge is 2.20. The van der Waals surface area contributed by atoms with Crippen LogP contribution in [0.15, 0.2) is 12.1 Å². The van der Waals surface area contributed by atoms with Crippen LogP contribution in [0, 0.1) is 35.3 Å². The van der Waals surface area contributed by atoms with Crippen LogP contribution in [0.3, 0.4) is 0 Å². The molecular formula is C24H34F2O. The highest BCUT2D eigenvalue weighted by Crippen LogP contribution is 2.32. The van der Waals surface area contributed by atoms with Crippen LogP contribution in [0.25, 0.3) is 0 Å². The molecule has 0 bridgehead atoms. The molecule has 1 aliphatic rings. The van der Waals surface area contributed by atoms with Gasteiger partial charge in [-0.1, -0.05) is 64.2 Å². The van der Waals surface area contributed by atoms with E-state index in [9.17, 15) is 8.78 Å². The Morgan fingerprint density at radius 1 is 0.926 bits per heavy atom. The van der Waals surface area contributed by atoms with Gasteiger partial charge in [0.1, 0.15) is 0 Å². The summed E-state index contributed by atoms with van der Waals surface area (Å²) in [5.41, 5.74) is 0.134. The van der Waals surface area contributed by atoms with E-state index < -0.39 is 11.6 Å². The van der Waals surface area contributed by atoms with Gasteiger partial charge in [-0.25, -0.2) is 4.39 Å². The third-order valence-electron chi connectivity index (χ3n) is 5.48. The molecule has 1 aliphatic carbocycles. The van der Waals surface area contributed by atoms with E-state index in [1.807, 2.05) is 6.92 Å². The lowest BCUT2D eigenvalue weighted by atomic mass is 9.80. The maximum atomic E-state index is 14.2. The lowest BCUT2D eigenvalue weighted by Crippen LogP contribution is -2.13. The molecule has 0 spiro atoms. The number of halogens is 2. The Bertz CT molecular complexity index is 621. The second-order valence-electron chi connectivity index (χ2n) is 7.78. The highest BCUT2D eigenvalue weighted by atomic mass is 19.2. The summed E-state index contributed by atoms with van der Waals surface area (Å²) in [6, 6.07) is 3.01. The van der Waals surface area contributed by atoms with Crippen molar-refractivity contribution in [3.05, 3.63) is 29.3 Å². The number of ether oxygens (including phenoxy) is 1. The molecule has 1 saturated carbocycles. The molecular weight excluding hydrogens is 342 g/mol. The Balaban J connectivity index is 1.81. The van der Waals surface area contributed by atoms with Crippen LogP contribution >= 0.6 is 0 Å². The third kappa shape index (κ3) is 7.17. The summed E-state index contributed by atoms with van der Waals surface area (Å²) in [5.74, 6) is 5.33. The van der Waals surface area contributed by atoms with Crippen molar-refractivity contribution in [3.8, 4) is 17.6 Å². The number of rotatable bonds is 9. The quantitative estimate of drug-likeness (QED) is 0.325. The van der Waals surface area contributed by atoms with Gasteiger partial charge in [0.25, 0.3) is 0 Å². The van der Waals surface area contributed by atoms with Gasteiger partial charge in [-0.2, -0.15) is 4.39 Å². The van der Waals surface area contributed by atoms with E-state index in [1.165, 1.54) is 63.5 Å². The van der Waals surface area contributed by atoms with Gasteiger partial charge in [-0.15, -0.1) is 0 Å². The van der Waals surface area contributed by atoms with Gasteiger partial charge in [0, 0.05) is 5.92 Å². The molecule has 0 saturated heterocycles. The summed E-state index contributed by atoms with van der Waals surface area (Å²) in [7, 11) is 0. The molecule has 0 aliphatic heterocycles. The average molecular weight is 377 g/mol. The first-order valence-corrected chi connectivity index (χ1v) is 10.8. The maximum absolute atomic E-state index is 14.2. The van der Waals surface area contributed by atoms with Gasteiger partial charge in [0.05, 0.1) is 12.2 Å². The SMILES string of the molecule is CCCCCCC[C@H]1CC[C@H](C#Cc2ccc(OCCC)c(F)c2F)CC1. The summed E-state index contributed by atoms with van der Waals surface area (Å²) in [6.07, 6.45) is 13.4. The van der Waals surface area contributed by atoms with Gasteiger partial charge in [-0.3, -0.25) is 0 Å². The topological polar surface area (TPSA) is 9.23 Å². The minimum absolute atomic E-state index is 0.0284. The molecule has 1 fully saturated rings. The Morgan fingerprint density at radius 3 is 2.37 bits per heavy atom. The minimum atomic E-state index is -0.929. The zero-order valence-corrected chi connectivity index (χ0v) is 17.0. The predicted octanol–water partition coefficient (Wildman–Crippen LogP) is 7.27. The van der Waals surface area contributed by atoms with Gasteiger partial charge in [-0.05, 0) is 50.2 Å². The van der Waals surface area contributed by atoms with Crippen LogP contribution in [-0.2, 0) is 0 Å². The van der Waals surface area contributed by atoms with E-state index in [1.54, 1.807) is 0 Å². The van der Waals surface area contributed by atoms with Crippen molar-refractivity contribution >= 4 is 0 Å². The predicted molar refractivity (Wildman–Crippen MR) is 108 cm³/mol. The largest absolute Gasteiger partial charge is 0.490 e. The molecule has 0 aromatic heterocycles. The number of unbranched alkanes of at least 4 members (excludes halogenated alkanes) is 4. The van der Waals surface area contributed by atoms with E-state index in [2.05, 4.69) is 18.8 Å². The molecule has 0 N–H and O–H groups in total. The van der Waals surface area contributed by atoms with Crippen molar-refractivity contribution in [1.29, 1.82) is 0 Å².